The van der Waals surface area contributed by atoms with E-state index in [2.05, 4.69) is 0 Å². The van der Waals surface area contributed by atoms with E-state index in [0.717, 1.165) is 12.1 Å². The topological polar surface area (TPSA) is 33.4 Å². The van der Waals surface area contributed by atoms with Crippen LogP contribution in [0.1, 0.15) is 29.9 Å². The summed E-state index contributed by atoms with van der Waals surface area (Å²) in [5.41, 5.74) is 0.337. The van der Waals surface area contributed by atoms with Gasteiger partial charge in [-0.15, -0.1) is 0 Å². The number of aryl methyl sites for hydroxylation is 1. The molecule has 0 spiro atoms. The van der Waals surface area contributed by atoms with Gasteiger partial charge in [-0.25, -0.2) is 0 Å². The first-order valence-electron chi connectivity index (χ1n) is 5.75. The molecular formula is C14H13F3O2. The summed E-state index contributed by atoms with van der Waals surface area (Å²) >= 11 is 0. The van der Waals surface area contributed by atoms with Gasteiger partial charge in [0.05, 0.1) is 5.56 Å². The minimum Gasteiger partial charge on any atom is -0.458 e. The van der Waals surface area contributed by atoms with Crippen LogP contribution in [0, 0.1) is 6.92 Å². The van der Waals surface area contributed by atoms with Gasteiger partial charge in [0.1, 0.15) is 17.6 Å². The second kappa shape index (κ2) is 4.74. The molecule has 5 heteroatoms. The molecule has 1 heterocycles. The van der Waals surface area contributed by atoms with Crippen LogP contribution in [-0.4, -0.2) is 5.11 Å². The summed E-state index contributed by atoms with van der Waals surface area (Å²) in [7, 11) is 0. The zero-order valence-electron chi connectivity index (χ0n) is 10.5. The molecular weight excluding hydrogens is 257 g/mol. The average Bonchev–Trinajstić information content (AvgIpc) is 2.77. The Bertz CT molecular complexity index is 583. The van der Waals surface area contributed by atoms with Gasteiger partial charge in [0, 0.05) is 5.56 Å². The number of hydrogen-bond acceptors (Lipinski definition) is 2. The van der Waals surface area contributed by atoms with Crippen molar-refractivity contribution in [2.45, 2.75) is 26.1 Å². The van der Waals surface area contributed by atoms with Crippen molar-refractivity contribution in [1.29, 1.82) is 0 Å². The Morgan fingerprint density at radius 2 is 1.84 bits per heavy atom. The number of benzene rings is 1. The van der Waals surface area contributed by atoms with Gasteiger partial charge >= 0.3 is 6.18 Å². The zero-order valence-corrected chi connectivity index (χ0v) is 10.5. The fourth-order valence-electron chi connectivity index (χ4n) is 1.79. The van der Waals surface area contributed by atoms with Crippen LogP contribution in [0.25, 0.3) is 11.3 Å². The van der Waals surface area contributed by atoms with Gasteiger partial charge in [0.15, 0.2) is 0 Å². The van der Waals surface area contributed by atoms with Crippen LogP contribution in [0.2, 0.25) is 0 Å². The highest BCUT2D eigenvalue weighted by atomic mass is 19.4. The van der Waals surface area contributed by atoms with Crippen molar-refractivity contribution in [3.8, 4) is 11.3 Å². The van der Waals surface area contributed by atoms with Crippen LogP contribution in [0.4, 0.5) is 13.2 Å². The van der Waals surface area contributed by atoms with Crippen molar-refractivity contribution in [1.82, 2.24) is 0 Å². The Morgan fingerprint density at radius 3 is 2.37 bits per heavy atom. The SMILES string of the molecule is Cc1ccc(C(F)(F)F)cc1-c1ccc(C(C)O)o1. The molecule has 0 amide bonds. The Balaban J connectivity index is 2.48. The van der Waals surface area contributed by atoms with E-state index in [1.807, 2.05) is 0 Å². The molecule has 0 aliphatic rings. The molecule has 1 aromatic carbocycles. The molecule has 19 heavy (non-hydrogen) atoms. The lowest BCUT2D eigenvalue weighted by molar-refractivity contribution is -0.137. The van der Waals surface area contributed by atoms with Gasteiger partial charge in [-0.3, -0.25) is 0 Å². The number of aliphatic hydroxyl groups excluding tert-OH is 1. The average molecular weight is 270 g/mol. The van der Waals surface area contributed by atoms with Gasteiger partial charge < -0.3 is 9.52 Å². The molecule has 1 aromatic heterocycles. The number of rotatable bonds is 2. The number of hydrogen-bond donors (Lipinski definition) is 1. The van der Waals surface area contributed by atoms with Gasteiger partial charge in [-0.05, 0) is 43.7 Å². The number of alkyl halides is 3. The summed E-state index contributed by atoms with van der Waals surface area (Å²) in [5, 5.41) is 9.36. The standard InChI is InChI=1S/C14H13F3O2/c1-8-3-4-10(14(15,16)17)7-11(8)13-6-5-12(19-13)9(2)18/h3-7,9,18H,1-2H3. The molecule has 1 unspecified atom stereocenters. The first-order chi connectivity index (χ1) is 8.79. The molecule has 102 valence electrons. The van der Waals surface area contributed by atoms with E-state index in [0.29, 0.717) is 22.6 Å². The third kappa shape index (κ3) is 2.81. The van der Waals surface area contributed by atoms with Crippen molar-refractivity contribution >= 4 is 0 Å². The monoisotopic (exact) mass is 270 g/mol. The highest BCUT2D eigenvalue weighted by Gasteiger charge is 2.31. The summed E-state index contributed by atoms with van der Waals surface area (Å²) < 4.78 is 43.4. The fourth-order valence-corrected chi connectivity index (χ4v) is 1.79. The summed E-state index contributed by atoms with van der Waals surface area (Å²) in [6, 6.07) is 6.62. The van der Waals surface area contributed by atoms with Gasteiger partial charge in [-0.2, -0.15) is 13.2 Å². The molecule has 2 aromatic rings. The molecule has 0 saturated carbocycles. The lowest BCUT2D eigenvalue weighted by Crippen LogP contribution is -2.05. The highest BCUT2D eigenvalue weighted by molar-refractivity contribution is 5.63. The van der Waals surface area contributed by atoms with E-state index in [9.17, 15) is 18.3 Å². The van der Waals surface area contributed by atoms with Gasteiger partial charge in [-0.1, -0.05) is 6.07 Å². The van der Waals surface area contributed by atoms with E-state index < -0.39 is 17.8 Å². The summed E-state index contributed by atoms with van der Waals surface area (Å²) in [4.78, 5) is 0. The minimum absolute atomic E-state index is 0.319. The second-order valence-electron chi connectivity index (χ2n) is 4.41. The van der Waals surface area contributed by atoms with E-state index >= 15 is 0 Å². The molecule has 2 rings (SSSR count). The Kier molecular flexibility index (Phi) is 3.41. The third-order valence-corrected chi connectivity index (χ3v) is 2.87. The van der Waals surface area contributed by atoms with Crippen LogP contribution in [0.15, 0.2) is 34.7 Å². The fraction of sp³-hybridized carbons (Fsp3) is 0.286. The smallest absolute Gasteiger partial charge is 0.416 e. The highest BCUT2D eigenvalue weighted by Crippen LogP contribution is 2.34. The zero-order chi connectivity index (χ0) is 14.2. The maximum Gasteiger partial charge on any atom is 0.416 e. The Hall–Kier alpha value is -1.75. The van der Waals surface area contributed by atoms with Crippen LogP contribution in [0.5, 0.6) is 0 Å². The number of aliphatic hydroxyl groups is 1. The van der Waals surface area contributed by atoms with Crippen LogP contribution in [0.3, 0.4) is 0 Å². The summed E-state index contributed by atoms with van der Waals surface area (Å²) in [5.74, 6) is 0.645. The first-order valence-corrected chi connectivity index (χ1v) is 5.75. The quantitative estimate of drug-likeness (QED) is 0.881. The third-order valence-electron chi connectivity index (χ3n) is 2.87. The second-order valence-corrected chi connectivity index (χ2v) is 4.41. The predicted molar refractivity (Wildman–Crippen MR) is 64.5 cm³/mol. The number of furan rings is 1. The summed E-state index contributed by atoms with van der Waals surface area (Å²) in [6.07, 6.45) is -5.18. The van der Waals surface area contributed by atoms with E-state index in [-0.39, 0.29) is 0 Å². The Morgan fingerprint density at radius 1 is 1.16 bits per heavy atom. The predicted octanol–water partition coefficient (Wildman–Crippen LogP) is 4.33. The van der Waals surface area contributed by atoms with E-state index in [1.165, 1.54) is 13.0 Å². The van der Waals surface area contributed by atoms with Gasteiger partial charge in [0.2, 0.25) is 0 Å². The molecule has 0 fully saturated rings. The van der Waals surface area contributed by atoms with Crippen molar-refractivity contribution in [2.75, 3.05) is 0 Å². The maximum absolute atomic E-state index is 12.7. The molecule has 0 aliphatic heterocycles. The normalized spacial score (nSPS) is 13.6. The first kappa shape index (κ1) is 13.7. The minimum atomic E-state index is -4.39. The molecule has 0 radical (unpaired) electrons. The van der Waals surface area contributed by atoms with Crippen LogP contribution < -0.4 is 0 Å². The molecule has 1 N–H and O–H groups in total. The van der Waals surface area contributed by atoms with Gasteiger partial charge in [0.25, 0.3) is 0 Å². The molecule has 2 nitrogen and oxygen atoms in total. The Labute approximate surface area is 108 Å². The van der Waals surface area contributed by atoms with Crippen LogP contribution in [-0.2, 0) is 6.18 Å². The van der Waals surface area contributed by atoms with Crippen molar-refractivity contribution in [2.24, 2.45) is 0 Å². The molecule has 0 saturated heterocycles. The molecule has 1 atom stereocenters. The lowest BCUT2D eigenvalue weighted by Gasteiger charge is -2.10. The summed E-state index contributed by atoms with van der Waals surface area (Å²) in [6.45, 7) is 3.24. The van der Waals surface area contributed by atoms with Crippen molar-refractivity contribution in [3.05, 3.63) is 47.2 Å². The van der Waals surface area contributed by atoms with E-state index in [1.54, 1.807) is 19.1 Å². The molecule has 0 aliphatic carbocycles. The number of halogens is 3. The lowest BCUT2D eigenvalue weighted by atomic mass is 10.0. The largest absolute Gasteiger partial charge is 0.458 e. The maximum atomic E-state index is 12.7. The van der Waals surface area contributed by atoms with Crippen LogP contribution >= 0.6 is 0 Å². The molecule has 0 bridgehead atoms. The van der Waals surface area contributed by atoms with Crippen molar-refractivity contribution in [3.63, 3.8) is 0 Å². The van der Waals surface area contributed by atoms with Crippen molar-refractivity contribution < 1.29 is 22.7 Å². The van der Waals surface area contributed by atoms with E-state index in [4.69, 9.17) is 4.42 Å².